The summed E-state index contributed by atoms with van der Waals surface area (Å²) >= 11 is 0. The van der Waals surface area contributed by atoms with E-state index in [4.69, 9.17) is 5.11 Å². The molecule has 0 amide bonds. The van der Waals surface area contributed by atoms with Crippen LogP contribution in [0.1, 0.15) is 38.5 Å². The summed E-state index contributed by atoms with van der Waals surface area (Å²) < 4.78 is 28.1. The van der Waals surface area contributed by atoms with Gasteiger partial charge in [0.15, 0.2) is 0 Å². The van der Waals surface area contributed by atoms with Gasteiger partial charge in [0.25, 0.3) is 10.2 Å². The summed E-state index contributed by atoms with van der Waals surface area (Å²) in [5.74, 6) is -1.29. The van der Waals surface area contributed by atoms with Gasteiger partial charge >= 0.3 is 5.97 Å². The van der Waals surface area contributed by atoms with Crippen LogP contribution in [0.15, 0.2) is 0 Å². The van der Waals surface area contributed by atoms with E-state index in [-0.39, 0.29) is 12.5 Å². The molecule has 1 aliphatic heterocycles. The van der Waals surface area contributed by atoms with Crippen molar-refractivity contribution in [2.45, 2.75) is 38.5 Å². The molecular formula is C12H22N2O4S. The van der Waals surface area contributed by atoms with Crippen LogP contribution in [-0.2, 0) is 15.0 Å². The molecule has 1 heterocycles. The number of hydrogen-bond donors (Lipinski definition) is 2. The van der Waals surface area contributed by atoms with Gasteiger partial charge in [0.05, 0.1) is 5.92 Å². The lowest BCUT2D eigenvalue weighted by Gasteiger charge is -2.29. The Morgan fingerprint density at radius 3 is 2.42 bits per heavy atom. The number of carboxylic acid groups (broad SMARTS) is 1. The lowest BCUT2D eigenvalue weighted by atomic mass is 9.79. The summed E-state index contributed by atoms with van der Waals surface area (Å²) in [6, 6.07) is 0. The van der Waals surface area contributed by atoms with Crippen LogP contribution in [0.4, 0.5) is 0 Å². The Labute approximate surface area is 114 Å². The molecule has 1 saturated heterocycles. The van der Waals surface area contributed by atoms with E-state index in [0.29, 0.717) is 19.5 Å². The van der Waals surface area contributed by atoms with E-state index in [1.54, 1.807) is 0 Å². The zero-order chi connectivity index (χ0) is 13.9. The van der Waals surface area contributed by atoms with E-state index in [1.807, 2.05) is 0 Å². The highest BCUT2D eigenvalue weighted by molar-refractivity contribution is 7.87. The van der Waals surface area contributed by atoms with Crippen LogP contribution < -0.4 is 4.72 Å². The fraction of sp³-hybridized carbons (Fsp3) is 0.917. The largest absolute Gasteiger partial charge is 0.481 e. The van der Waals surface area contributed by atoms with Crippen LogP contribution >= 0.6 is 0 Å². The van der Waals surface area contributed by atoms with E-state index >= 15 is 0 Å². The first-order valence-electron chi connectivity index (χ1n) is 6.98. The molecule has 19 heavy (non-hydrogen) atoms. The molecule has 0 aromatic carbocycles. The van der Waals surface area contributed by atoms with Crippen molar-refractivity contribution in [2.75, 3.05) is 19.6 Å². The van der Waals surface area contributed by atoms with E-state index in [2.05, 4.69) is 4.72 Å². The topological polar surface area (TPSA) is 86.7 Å². The first-order chi connectivity index (χ1) is 9.00. The Balaban J connectivity index is 1.91. The van der Waals surface area contributed by atoms with Crippen molar-refractivity contribution in [3.05, 3.63) is 0 Å². The van der Waals surface area contributed by atoms with Gasteiger partial charge in [0.2, 0.25) is 0 Å². The SMILES string of the molecule is O=C(O)C1CCCCC1CNS(=O)(=O)N1CCCC1. The van der Waals surface area contributed by atoms with Crippen molar-refractivity contribution in [1.82, 2.24) is 9.03 Å². The van der Waals surface area contributed by atoms with E-state index < -0.39 is 22.1 Å². The highest BCUT2D eigenvalue weighted by Crippen LogP contribution is 2.30. The normalized spacial score (nSPS) is 29.5. The van der Waals surface area contributed by atoms with Crippen LogP contribution in [0, 0.1) is 11.8 Å². The van der Waals surface area contributed by atoms with Crippen LogP contribution in [0.5, 0.6) is 0 Å². The molecule has 1 saturated carbocycles. The fourth-order valence-electron chi connectivity index (χ4n) is 3.01. The van der Waals surface area contributed by atoms with Crippen molar-refractivity contribution < 1.29 is 18.3 Å². The Morgan fingerprint density at radius 1 is 1.16 bits per heavy atom. The van der Waals surface area contributed by atoms with Crippen LogP contribution in [0.25, 0.3) is 0 Å². The molecule has 2 aliphatic rings. The Kier molecular flexibility index (Phi) is 4.81. The van der Waals surface area contributed by atoms with Gasteiger partial charge in [-0.3, -0.25) is 4.79 Å². The first kappa shape index (κ1) is 14.7. The summed E-state index contributed by atoms with van der Waals surface area (Å²) in [4.78, 5) is 11.2. The number of hydrogen-bond acceptors (Lipinski definition) is 3. The number of aliphatic carboxylic acids is 1. The minimum absolute atomic E-state index is 0.0800. The van der Waals surface area contributed by atoms with Crippen LogP contribution in [-0.4, -0.2) is 43.4 Å². The van der Waals surface area contributed by atoms with Crippen LogP contribution in [0.3, 0.4) is 0 Å². The van der Waals surface area contributed by atoms with E-state index in [1.165, 1.54) is 4.31 Å². The summed E-state index contributed by atoms with van der Waals surface area (Å²) in [7, 11) is -3.42. The van der Waals surface area contributed by atoms with Gasteiger partial charge in [-0.1, -0.05) is 12.8 Å². The van der Waals surface area contributed by atoms with Crippen molar-refractivity contribution in [3.8, 4) is 0 Å². The zero-order valence-corrected chi connectivity index (χ0v) is 11.9. The first-order valence-corrected chi connectivity index (χ1v) is 8.42. The summed E-state index contributed by atoms with van der Waals surface area (Å²) in [5.41, 5.74) is 0. The van der Waals surface area contributed by atoms with E-state index in [9.17, 15) is 13.2 Å². The monoisotopic (exact) mass is 290 g/mol. The summed E-state index contributed by atoms with van der Waals surface area (Å²) in [6.45, 7) is 1.39. The lowest BCUT2D eigenvalue weighted by molar-refractivity contribution is -0.144. The number of carboxylic acids is 1. The average Bonchev–Trinajstić information content (AvgIpc) is 2.91. The maximum absolute atomic E-state index is 12.0. The molecule has 7 heteroatoms. The second kappa shape index (κ2) is 6.19. The Bertz CT molecular complexity index is 417. The van der Waals surface area contributed by atoms with Gasteiger partial charge in [0, 0.05) is 19.6 Å². The second-order valence-electron chi connectivity index (χ2n) is 5.45. The number of nitrogens with zero attached hydrogens (tertiary/aromatic N) is 1. The minimum Gasteiger partial charge on any atom is -0.481 e. The Morgan fingerprint density at radius 2 is 1.79 bits per heavy atom. The maximum Gasteiger partial charge on any atom is 0.306 e. The molecule has 110 valence electrons. The van der Waals surface area contributed by atoms with Gasteiger partial charge in [0.1, 0.15) is 0 Å². The van der Waals surface area contributed by atoms with Gasteiger partial charge in [-0.15, -0.1) is 0 Å². The second-order valence-corrected chi connectivity index (χ2v) is 7.20. The lowest BCUT2D eigenvalue weighted by Crippen LogP contribution is -2.43. The molecule has 2 unspecified atom stereocenters. The predicted molar refractivity (Wildman–Crippen MR) is 70.8 cm³/mol. The van der Waals surface area contributed by atoms with Crippen molar-refractivity contribution in [1.29, 1.82) is 0 Å². The molecule has 0 radical (unpaired) electrons. The number of rotatable bonds is 5. The van der Waals surface area contributed by atoms with Gasteiger partial charge in [-0.25, -0.2) is 4.72 Å². The predicted octanol–water partition coefficient (Wildman–Crippen LogP) is 0.808. The third kappa shape index (κ3) is 3.67. The fourth-order valence-corrected chi connectivity index (χ4v) is 4.36. The zero-order valence-electron chi connectivity index (χ0n) is 11.0. The van der Waals surface area contributed by atoms with E-state index in [0.717, 1.165) is 32.1 Å². The molecule has 2 N–H and O–H groups in total. The molecular weight excluding hydrogens is 268 g/mol. The van der Waals surface area contributed by atoms with Gasteiger partial charge < -0.3 is 5.11 Å². The Hall–Kier alpha value is -0.660. The molecule has 0 bridgehead atoms. The summed E-state index contributed by atoms with van der Waals surface area (Å²) in [6.07, 6.45) is 5.17. The third-order valence-electron chi connectivity index (χ3n) is 4.16. The molecule has 6 nitrogen and oxygen atoms in total. The number of nitrogens with one attached hydrogen (secondary N) is 1. The van der Waals surface area contributed by atoms with Gasteiger partial charge in [-0.05, 0) is 31.6 Å². The molecule has 0 spiro atoms. The quantitative estimate of drug-likeness (QED) is 0.784. The molecule has 0 aromatic rings. The average molecular weight is 290 g/mol. The minimum atomic E-state index is -3.42. The standard InChI is InChI=1S/C12H22N2O4S/c15-12(16)11-6-2-1-5-10(11)9-13-19(17,18)14-7-3-4-8-14/h10-11,13H,1-9H2,(H,15,16). The number of carbonyl (C=O) groups is 1. The molecule has 1 aliphatic carbocycles. The van der Waals surface area contributed by atoms with Crippen LogP contribution in [0.2, 0.25) is 0 Å². The van der Waals surface area contributed by atoms with Crippen molar-refractivity contribution >= 4 is 16.2 Å². The van der Waals surface area contributed by atoms with Gasteiger partial charge in [-0.2, -0.15) is 12.7 Å². The molecule has 0 aromatic heterocycles. The smallest absolute Gasteiger partial charge is 0.306 e. The molecule has 2 atom stereocenters. The summed E-state index contributed by atoms with van der Waals surface area (Å²) in [5, 5.41) is 9.16. The molecule has 2 rings (SSSR count). The van der Waals surface area contributed by atoms with Crippen molar-refractivity contribution in [3.63, 3.8) is 0 Å². The highest BCUT2D eigenvalue weighted by Gasteiger charge is 2.32. The maximum atomic E-state index is 12.0. The molecule has 2 fully saturated rings. The van der Waals surface area contributed by atoms with Crippen molar-refractivity contribution in [2.24, 2.45) is 11.8 Å². The highest BCUT2D eigenvalue weighted by atomic mass is 32.2. The third-order valence-corrected chi connectivity index (χ3v) is 5.74.